The van der Waals surface area contributed by atoms with Crippen LogP contribution in [0.1, 0.15) is 36.4 Å². The van der Waals surface area contributed by atoms with E-state index in [9.17, 15) is 9.50 Å². The van der Waals surface area contributed by atoms with Crippen LogP contribution in [0.25, 0.3) is 0 Å². The maximum Gasteiger partial charge on any atom is 0.123 e. The van der Waals surface area contributed by atoms with E-state index in [-0.39, 0.29) is 5.82 Å². The Hall–Kier alpha value is -0.930. The van der Waals surface area contributed by atoms with Crippen LogP contribution in [0.4, 0.5) is 4.39 Å². The number of hydrogen-bond donors (Lipinski definition) is 2. The van der Waals surface area contributed by atoms with Crippen LogP contribution in [0.15, 0.2) is 18.2 Å². The Bertz CT molecular complexity index is 376. The van der Waals surface area contributed by atoms with E-state index >= 15 is 0 Å². The molecule has 0 aliphatic heterocycles. The van der Waals surface area contributed by atoms with Crippen molar-refractivity contribution in [2.45, 2.75) is 38.3 Å². The molecule has 3 N–H and O–H groups in total. The highest BCUT2D eigenvalue weighted by molar-refractivity contribution is 5.30. The van der Waals surface area contributed by atoms with Gasteiger partial charge in [-0.05, 0) is 48.9 Å². The number of halogens is 1. The summed E-state index contributed by atoms with van der Waals surface area (Å²) in [6.45, 7) is 1.83. The molecule has 1 aromatic carbocycles. The third-order valence-electron chi connectivity index (χ3n) is 3.59. The molecule has 0 heterocycles. The maximum atomic E-state index is 12.9. The summed E-state index contributed by atoms with van der Waals surface area (Å²) < 4.78 is 12.9. The minimum Gasteiger partial charge on any atom is -0.391 e. The Kier molecular flexibility index (Phi) is 3.26. The Morgan fingerprint density at radius 2 is 2.12 bits per heavy atom. The zero-order chi connectivity index (χ0) is 11.7. The van der Waals surface area contributed by atoms with Gasteiger partial charge in [-0.15, -0.1) is 0 Å². The second-order valence-corrected chi connectivity index (χ2v) is 4.71. The molecule has 0 bridgehead atoms. The maximum absolute atomic E-state index is 12.9. The lowest BCUT2D eigenvalue weighted by Gasteiger charge is -2.34. The third kappa shape index (κ3) is 2.11. The average Bonchev–Trinajstić information content (AvgIpc) is 2.14. The highest BCUT2D eigenvalue weighted by Gasteiger charge is 2.31. The van der Waals surface area contributed by atoms with Gasteiger partial charge in [0.2, 0.25) is 0 Å². The van der Waals surface area contributed by atoms with Gasteiger partial charge in [0.25, 0.3) is 0 Å². The van der Waals surface area contributed by atoms with E-state index < -0.39 is 12.1 Å². The molecule has 2 rings (SSSR count). The molecule has 88 valence electrons. The molecule has 1 aliphatic rings. The summed E-state index contributed by atoms with van der Waals surface area (Å²) >= 11 is 0. The zero-order valence-corrected chi connectivity index (χ0v) is 9.49. The van der Waals surface area contributed by atoms with Crippen LogP contribution < -0.4 is 5.73 Å². The molecule has 1 fully saturated rings. The van der Waals surface area contributed by atoms with Crippen LogP contribution in [0.3, 0.4) is 0 Å². The molecule has 0 saturated heterocycles. The molecule has 2 nitrogen and oxygen atoms in total. The minimum atomic E-state index is -0.502. The van der Waals surface area contributed by atoms with Crippen molar-refractivity contribution in [3.63, 3.8) is 0 Å². The molecule has 0 aromatic heterocycles. The van der Waals surface area contributed by atoms with Crippen molar-refractivity contribution >= 4 is 0 Å². The predicted octanol–water partition coefficient (Wildman–Crippen LogP) is 2.29. The lowest BCUT2D eigenvalue weighted by molar-refractivity contribution is 0.0412. The molecule has 0 radical (unpaired) electrons. The highest BCUT2D eigenvalue weighted by Crippen LogP contribution is 2.34. The van der Waals surface area contributed by atoms with Crippen LogP contribution in [-0.2, 0) is 0 Å². The van der Waals surface area contributed by atoms with Crippen LogP contribution in [0.2, 0.25) is 0 Å². The van der Waals surface area contributed by atoms with Gasteiger partial charge >= 0.3 is 0 Å². The van der Waals surface area contributed by atoms with Gasteiger partial charge < -0.3 is 10.8 Å². The fraction of sp³-hybridized carbons (Fsp3) is 0.538. The molecule has 0 amide bonds. The molecule has 0 spiro atoms. The van der Waals surface area contributed by atoms with E-state index in [0.717, 1.165) is 24.0 Å². The average molecular weight is 223 g/mol. The van der Waals surface area contributed by atoms with Crippen LogP contribution in [0, 0.1) is 18.7 Å². The molecular weight excluding hydrogens is 205 g/mol. The van der Waals surface area contributed by atoms with Crippen molar-refractivity contribution in [3.05, 3.63) is 35.1 Å². The summed E-state index contributed by atoms with van der Waals surface area (Å²) in [4.78, 5) is 0. The normalized spacial score (nSPS) is 20.2. The summed E-state index contributed by atoms with van der Waals surface area (Å²) in [7, 11) is 0. The molecule has 2 atom stereocenters. The smallest absolute Gasteiger partial charge is 0.123 e. The molecule has 1 aliphatic carbocycles. The number of aliphatic hydroxyl groups excluding tert-OH is 1. The van der Waals surface area contributed by atoms with Crippen molar-refractivity contribution in [2.24, 2.45) is 11.7 Å². The Labute approximate surface area is 95.3 Å². The highest BCUT2D eigenvalue weighted by atomic mass is 19.1. The van der Waals surface area contributed by atoms with Crippen LogP contribution in [-0.4, -0.2) is 11.2 Å². The van der Waals surface area contributed by atoms with E-state index in [0.29, 0.717) is 5.92 Å². The number of nitrogens with two attached hydrogens (primary N) is 1. The van der Waals surface area contributed by atoms with E-state index in [4.69, 9.17) is 5.73 Å². The van der Waals surface area contributed by atoms with Gasteiger partial charge in [0.05, 0.1) is 12.1 Å². The first kappa shape index (κ1) is 11.6. The minimum absolute atomic E-state index is 0.258. The summed E-state index contributed by atoms with van der Waals surface area (Å²) in [6.07, 6.45) is 2.78. The molecule has 1 saturated carbocycles. The van der Waals surface area contributed by atoms with Gasteiger partial charge in [0.15, 0.2) is 0 Å². The fourth-order valence-electron chi connectivity index (χ4n) is 2.27. The van der Waals surface area contributed by atoms with Crippen molar-refractivity contribution in [2.75, 3.05) is 0 Å². The summed E-state index contributed by atoms with van der Waals surface area (Å²) in [5.74, 6) is 0.0611. The van der Waals surface area contributed by atoms with Gasteiger partial charge in [-0.1, -0.05) is 12.5 Å². The number of benzene rings is 1. The Balaban J connectivity index is 2.15. The number of aryl methyl sites for hydroxylation is 1. The van der Waals surface area contributed by atoms with Gasteiger partial charge in [-0.2, -0.15) is 0 Å². The van der Waals surface area contributed by atoms with Gasteiger partial charge in [0, 0.05) is 0 Å². The molecular formula is C13H18FNO. The van der Waals surface area contributed by atoms with Gasteiger partial charge in [0.1, 0.15) is 5.82 Å². The predicted molar refractivity (Wildman–Crippen MR) is 61.4 cm³/mol. The molecule has 3 heteroatoms. The molecule has 0 unspecified atom stereocenters. The molecule has 1 aromatic rings. The van der Waals surface area contributed by atoms with Crippen molar-refractivity contribution in [3.8, 4) is 0 Å². The number of aliphatic hydroxyl groups is 1. The quantitative estimate of drug-likeness (QED) is 0.826. The first-order valence-corrected chi connectivity index (χ1v) is 5.79. The van der Waals surface area contributed by atoms with E-state index in [1.165, 1.54) is 18.6 Å². The summed E-state index contributed by atoms with van der Waals surface area (Å²) in [5, 5.41) is 10.1. The largest absolute Gasteiger partial charge is 0.391 e. The Morgan fingerprint density at radius 3 is 2.62 bits per heavy atom. The second-order valence-electron chi connectivity index (χ2n) is 4.71. The summed E-state index contributed by atoms with van der Waals surface area (Å²) in [5.41, 5.74) is 7.69. The first-order valence-electron chi connectivity index (χ1n) is 5.79. The number of hydrogen-bond acceptors (Lipinski definition) is 2. The SMILES string of the molecule is Cc1cc(F)ccc1[C@@H](N)[C@@H](O)C1CCC1. The lowest BCUT2D eigenvalue weighted by Crippen LogP contribution is -2.36. The Morgan fingerprint density at radius 1 is 1.44 bits per heavy atom. The summed E-state index contributed by atoms with van der Waals surface area (Å²) in [6, 6.07) is 4.14. The van der Waals surface area contributed by atoms with Crippen molar-refractivity contribution < 1.29 is 9.50 Å². The van der Waals surface area contributed by atoms with Crippen molar-refractivity contribution in [1.82, 2.24) is 0 Å². The van der Waals surface area contributed by atoms with Gasteiger partial charge in [-0.3, -0.25) is 0 Å². The third-order valence-corrected chi connectivity index (χ3v) is 3.59. The van der Waals surface area contributed by atoms with E-state index in [1.54, 1.807) is 6.07 Å². The topological polar surface area (TPSA) is 46.2 Å². The van der Waals surface area contributed by atoms with Crippen LogP contribution >= 0.6 is 0 Å². The second kappa shape index (κ2) is 4.52. The van der Waals surface area contributed by atoms with Gasteiger partial charge in [-0.25, -0.2) is 4.39 Å². The van der Waals surface area contributed by atoms with E-state index in [1.807, 2.05) is 6.92 Å². The first-order chi connectivity index (χ1) is 7.59. The van der Waals surface area contributed by atoms with Crippen molar-refractivity contribution in [1.29, 1.82) is 0 Å². The number of rotatable bonds is 3. The molecule has 16 heavy (non-hydrogen) atoms. The van der Waals surface area contributed by atoms with E-state index in [2.05, 4.69) is 0 Å². The fourth-order valence-corrected chi connectivity index (χ4v) is 2.27. The standard InChI is InChI=1S/C13H18FNO/c1-8-7-10(14)5-6-11(8)12(15)13(16)9-3-2-4-9/h5-7,9,12-13,16H,2-4,15H2,1H3/t12-,13+/m1/s1. The zero-order valence-electron chi connectivity index (χ0n) is 9.49. The van der Waals surface area contributed by atoms with Crippen LogP contribution in [0.5, 0.6) is 0 Å². The monoisotopic (exact) mass is 223 g/mol. The lowest BCUT2D eigenvalue weighted by atomic mass is 9.77.